The first-order valence-electron chi connectivity index (χ1n) is 9.89. The smallest absolute Gasteiger partial charge is 0.280 e. The lowest BCUT2D eigenvalue weighted by molar-refractivity contribution is 0.0988. The number of amides is 1. The number of benzene rings is 2. The third kappa shape index (κ3) is 3.50. The molecule has 1 atom stereocenters. The fourth-order valence-corrected chi connectivity index (χ4v) is 4.65. The summed E-state index contributed by atoms with van der Waals surface area (Å²) >= 11 is 0. The molecule has 0 spiro atoms. The van der Waals surface area contributed by atoms with E-state index >= 15 is 0 Å². The number of H-pyrrole nitrogens is 1. The van der Waals surface area contributed by atoms with Gasteiger partial charge in [0.25, 0.3) is 5.91 Å². The van der Waals surface area contributed by atoms with Crippen LogP contribution in [0.4, 0.5) is 5.69 Å². The number of hydrogen-bond donors (Lipinski definition) is 1. The fraction of sp³-hybridized carbons (Fsp3) is 0.304. The molecule has 2 heterocycles. The summed E-state index contributed by atoms with van der Waals surface area (Å²) in [6.07, 6.45) is 1.16. The number of para-hydroxylation sites is 1. The van der Waals surface area contributed by atoms with E-state index < -0.39 is 15.9 Å². The zero-order chi connectivity index (χ0) is 22.6. The molecular weight excluding hydrogens is 414 g/mol. The Morgan fingerprint density at radius 2 is 1.71 bits per heavy atom. The molecule has 162 valence electrons. The molecule has 1 N–H and O–H groups in total. The number of aromatic nitrogens is 2. The molecule has 1 aliphatic rings. The highest BCUT2D eigenvalue weighted by atomic mass is 32.2. The van der Waals surface area contributed by atoms with Crippen LogP contribution in [0, 0.1) is 0 Å². The van der Waals surface area contributed by atoms with Crippen molar-refractivity contribution in [3.05, 3.63) is 71.0 Å². The maximum Gasteiger partial charge on any atom is 0.280 e. The number of methoxy groups -OCH3 is 1. The van der Waals surface area contributed by atoms with Gasteiger partial charge in [-0.3, -0.25) is 14.8 Å². The monoisotopic (exact) mass is 439 g/mol. The van der Waals surface area contributed by atoms with Gasteiger partial charge in [-0.05, 0) is 30.3 Å². The number of hydrogen-bond acceptors (Lipinski definition) is 5. The summed E-state index contributed by atoms with van der Waals surface area (Å²) in [4.78, 5) is 15.3. The van der Waals surface area contributed by atoms with E-state index in [1.165, 1.54) is 12.1 Å². The van der Waals surface area contributed by atoms with Crippen molar-refractivity contribution in [2.45, 2.75) is 37.1 Å². The maximum atomic E-state index is 13.5. The molecule has 1 aromatic heterocycles. The molecule has 8 heteroatoms. The quantitative estimate of drug-likeness (QED) is 0.666. The summed E-state index contributed by atoms with van der Waals surface area (Å²) in [5.41, 5.74) is 3.21. The molecule has 0 aliphatic carbocycles. The van der Waals surface area contributed by atoms with E-state index in [0.717, 1.165) is 23.1 Å². The van der Waals surface area contributed by atoms with Gasteiger partial charge < -0.3 is 4.74 Å². The van der Waals surface area contributed by atoms with Crippen molar-refractivity contribution in [1.82, 2.24) is 10.2 Å². The predicted molar refractivity (Wildman–Crippen MR) is 118 cm³/mol. The lowest BCUT2D eigenvalue weighted by Gasteiger charge is -2.29. The van der Waals surface area contributed by atoms with Crippen LogP contribution in [0.1, 0.15) is 54.1 Å². The number of ether oxygens (including phenoxy) is 1. The van der Waals surface area contributed by atoms with Crippen LogP contribution in [0.2, 0.25) is 0 Å². The number of nitrogens with one attached hydrogen (secondary N) is 1. The van der Waals surface area contributed by atoms with Crippen molar-refractivity contribution in [3.63, 3.8) is 0 Å². The highest BCUT2D eigenvalue weighted by molar-refractivity contribution is 7.90. The second kappa shape index (κ2) is 7.23. The third-order valence-corrected chi connectivity index (χ3v) is 6.61. The normalized spacial score (nSPS) is 16.5. The molecule has 7 nitrogen and oxygen atoms in total. The molecule has 31 heavy (non-hydrogen) atoms. The minimum atomic E-state index is -3.34. The first-order valence-corrected chi connectivity index (χ1v) is 11.8. The van der Waals surface area contributed by atoms with Crippen molar-refractivity contribution >= 4 is 21.4 Å². The van der Waals surface area contributed by atoms with Gasteiger partial charge in [-0.25, -0.2) is 8.42 Å². The minimum absolute atomic E-state index is 0.200. The van der Waals surface area contributed by atoms with E-state index in [0.29, 0.717) is 17.1 Å². The molecule has 4 rings (SSSR count). The molecule has 2 aromatic carbocycles. The van der Waals surface area contributed by atoms with Gasteiger partial charge in [-0.1, -0.05) is 39.0 Å². The number of fused-ring (bicyclic) bond motifs is 1. The molecule has 0 radical (unpaired) electrons. The van der Waals surface area contributed by atoms with Crippen molar-refractivity contribution in [2.75, 3.05) is 18.3 Å². The Bertz CT molecular complexity index is 1250. The predicted octanol–water partition coefficient (Wildman–Crippen LogP) is 3.87. The van der Waals surface area contributed by atoms with Crippen LogP contribution < -0.4 is 9.64 Å². The van der Waals surface area contributed by atoms with Crippen molar-refractivity contribution in [2.24, 2.45) is 0 Å². The maximum absolute atomic E-state index is 13.5. The fourth-order valence-electron chi connectivity index (χ4n) is 4.02. The molecule has 0 unspecified atom stereocenters. The average Bonchev–Trinajstić information content (AvgIpc) is 3.26. The van der Waals surface area contributed by atoms with Gasteiger partial charge in [0.05, 0.1) is 18.0 Å². The van der Waals surface area contributed by atoms with Crippen LogP contribution in [-0.4, -0.2) is 37.9 Å². The summed E-state index contributed by atoms with van der Waals surface area (Å²) in [7, 11) is -1.74. The van der Waals surface area contributed by atoms with Gasteiger partial charge in [0.1, 0.15) is 5.75 Å². The third-order valence-electron chi connectivity index (χ3n) is 5.48. The topological polar surface area (TPSA) is 92.4 Å². The number of carbonyl (C=O) groups excluding carboxylic acids is 1. The molecule has 0 saturated carbocycles. The Kier molecular flexibility index (Phi) is 4.93. The van der Waals surface area contributed by atoms with E-state index in [1.807, 2.05) is 24.3 Å². The van der Waals surface area contributed by atoms with Gasteiger partial charge in [0.2, 0.25) is 0 Å². The summed E-state index contributed by atoms with van der Waals surface area (Å²) < 4.78 is 29.4. The van der Waals surface area contributed by atoms with Crippen LogP contribution in [-0.2, 0) is 15.3 Å². The highest BCUT2D eigenvalue weighted by Gasteiger charge is 2.45. The highest BCUT2D eigenvalue weighted by Crippen LogP contribution is 2.47. The van der Waals surface area contributed by atoms with Gasteiger partial charge >= 0.3 is 0 Å². The largest absolute Gasteiger partial charge is 0.496 e. The van der Waals surface area contributed by atoms with E-state index in [1.54, 1.807) is 24.1 Å². The number of nitrogens with zero attached hydrogens (tertiary/aromatic N) is 2. The van der Waals surface area contributed by atoms with Gasteiger partial charge in [-0.2, -0.15) is 5.10 Å². The first-order chi connectivity index (χ1) is 14.5. The minimum Gasteiger partial charge on any atom is -0.496 e. The lowest BCUT2D eigenvalue weighted by Crippen LogP contribution is -2.30. The van der Waals surface area contributed by atoms with Crippen molar-refractivity contribution < 1.29 is 17.9 Å². The van der Waals surface area contributed by atoms with E-state index in [2.05, 4.69) is 31.0 Å². The van der Waals surface area contributed by atoms with Crippen molar-refractivity contribution in [1.29, 1.82) is 0 Å². The number of aromatic amines is 1. The van der Waals surface area contributed by atoms with Crippen molar-refractivity contribution in [3.8, 4) is 5.75 Å². The second-order valence-corrected chi connectivity index (χ2v) is 10.7. The Morgan fingerprint density at radius 1 is 1.06 bits per heavy atom. The Labute approximate surface area is 182 Å². The van der Waals surface area contributed by atoms with Crippen LogP contribution in [0.3, 0.4) is 0 Å². The second-order valence-electron chi connectivity index (χ2n) is 8.70. The van der Waals surface area contributed by atoms with E-state index in [9.17, 15) is 13.2 Å². The van der Waals surface area contributed by atoms with E-state index in [4.69, 9.17) is 4.74 Å². The van der Waals surface area contributed by atoms with Gasteiger partial charge in [-0.15, -0.1) is 0 Å². The number of sulfone groups is 1. The standard InChI is InChI=1S/C23H25N3O4S/c1-23(2,3)21-18-19(24-25-21)22(27)26(14-10-12-15(13-11-14)31(5,28)29)20(18)16-8-6-7-9-17(16)30-4/h6-13,20H,1-5H3,(H,24,25)/t20-/m0/s1. The Morgan fingerprint density at radius 3 is 2.29 bits per heavy atom. The zero-order valence-electron chi connectivity index (χ0n) is 18.1. The SMILES string of the molecule is COc1ccccc1[C@H]1c2c(n[nH]c2C(C)(C)C)C(=O)N1c1ccc(S(C)(=O)=O)cc1. The summed E-state index contributed by atoms with van der Waals surface area (Å²) in [5, 5.41) is 7.42. The molecule has 0 bridgehead atoms. The molecule has 1 aliphatic heterocycles. The summed E-state index contributed by atoms with van der Waals surface area (Å²) in [5.74, 6) is 0.414. The molecule has 0 fully saturated rings. The Hall–Kier alpha value is -3.13. The number of carbonyl (C=O) groups is 1. The van der Waals surface area contributed by atoms with Crippen LogP contribution in [0.15, 0.2) is 53.4 Å². The average molecular weight is 440 g/mol. The molecular formula is C23H25N3O4S. The van der Waals surface area contributed by atoms with Crippen LogP contribution >= 0.6 is 0 Å². The Balaban J connectivity index is 1.94. The van der Waals surface area contributed by atoms with Crippen LogP contribution in [0.25, 0.3) is 0 Å². The summed E-state index contributed by atoms with van der Waals surface area (Å²) in [6, 6.07) is 13.5. The van der Waals surface area contributed by atoms with Gasteiger partial charge in [0, 0.05) is 34.2 Å². The zero-order valence-corrected chi connectivity index (χ0v) is 18.9. The summed E-state index contributed by atoms with van der Waals surface area (Å²) in [6.45, 7) is 6.19. The molecule has 1 amide bonds. The number of rotatable bonds is 4. The molecule has 3 aromatic rings. The molecule has 0 saturated heterocycles. The van der Waals surface area contributed by atoms with Crippen LogP contribution in [0.5, 0.6) is 5.75 Å². The number of anilines is 1. The van der Waals surface area contributed by atoms with Gasteiger partial charge in [0.15, 0.2) is 15.5 Å². The van der Waals surface area contributed by atoms with E-state index in [-0.39, 0.29) is 16.2 Å². The first kappa shape index (κ1) is 21.1. The lowest BCUT2D eigenvalue weighted by atomic mass is 9.85.